The fraction of sp³-hybridized carbons (Fsp3) is 0.250. The largest absolute Gasteiger partial charge is 0.463 e. The van der Waals surface area contributed by atoms with Crippen LogP contribution in [0.1, 0.15) is 6.92 Å². The Bertz CT molecular complexity index is 497. The number of carbonyl (C=O) groups excluding carboxylic acids is 1. The molecule has 5 nitrogen and oxygen atoms in total. The van der Waals surface area contributed by atoms with Crippen LogP contribution in [0.5, 0.6) is 0 Å². The van der Waals surface area contributed by atoms with Gasteiger partial charge in [0.1, 0.15) is 10.7 Å². The number of rotatable bonds is 5. The van der Waals surface area contributed by atoms with Crippen LogP contribution >= 0.6 is 11.8 Å². The molecule has 0 aliphatic rings. The first kappa shape index (κ1) is 12.6. The summed E-state index contributed by atoms with van der Waals surface area (Å²) in [6, 6.07) is 7.28. The summed E-state index contributed by atoms with van der Waals surface area (Å²) in [5.41, 5.74) is 0.683. The molecule has 2 aromatic heterocycles. The Kier molecular flexibility index (Phi) is 4.35. The first-order chi connectivity index (χ1) is 8.79. The highest BCUT2D eigenvalue weighted by atomic mass is 32.2. The number of amides is 1. The van der Waals surface area contributed by atoms with Gasteiger partial charge >= 0.3 is 0 Å². The number of thioether (sulfide) groups is 1. The van der Waals surface area contributed by atoms with Crippen LogP contribution in [0.15, 0.2) is 40.0 Å². The van der Waals surface area contributed by atoms with Crippen molar-refractivity contribution in [3.05, 3.63) is 30.5 Å². The third kappa shape index (κ3) is 3.33. The van der Waals surface area contributed by atoms with E-state index in [0.717, 1.165) is 5.03 Å². The Morgan fingerprint density at radius 1 is 1.39 bits per heavy atom. The molecule has 0 unspecified atom stereocenters. The molecule has 2 aromatic rings. The summed E-state index contributed by atoms with van der Waals surface area (Å²) in [5.74, 6) is 1.03. The minimum absolute atomic E-state index is 0.000545. The number of carbonyl (C=O) groups is 1. The van der Waals surface area contributed by atoms with Gasteiger partial charge in [-0.3, -0.25) is 4.79 Å². The van der Waals surface area contributed by atoms with Crippen LogP contribution in [0.25, 0.3) is 11.5 Å². The zero-order valence-corrected chi connectivity index (χ0v) is 10.7. The zero-order valence-electron chi connectivity index (χ0n) is 9.92. The standard InChI is InChI=1S/C12H13N3O2S/c1-2-13-11(16)8-18-12-6-5-9(14-15-12)10-4-3-7-17-10/h3-7H,2,8H2,1H3,(H,13,16). The molecule has 2 heterocycles. The van der Waals surface area contributed by atoms with Crippen molar-refractivity contribution < 1.29 is 9.21 Å². The van der Waals surface area contributed by atoms with Crippen LogP contribution in [-0.4, -0.2) is 28.4 Å². The van der Waals surface area contributed by atoms with E-state index in [2.05, 4.69) is 15.5 Å². The van der Waals surface area contributed by atoms with Gasteiger partial charge in [-0.1, -0.05) is 11.8 Å². The van der Waals surface area contributed by atoms with Gasteiger partial charge < -0.3 is 9.73 Å². The number of hydrogen-bond acceptors (Lipinski definition) is 5. The molecule has 0 aromatic carbocycles. The highest BCUT2D eigenvalue weighted by Crippen LogP contribution is 2.19. The Morgan fingerprint density at radius 3 is 2.89 bits per heavy atom. The van der Waals surface area contributed by atoms with E-state index in [0.29, 0.717) is 23.8 Å². The van der Waals surface area contributed by atoms with Crippen LogP contribution in [0.2, 0.25) is 0 Å². The second-order valence-electron chi connectivity index (χ2n) is 3.48. The highest BCUT2D eigenvalue weighted by molar-refractivity contribution is 7.99. The second kappa shape index (κ2) is 6.20. The SMILES string of the molecule is CCNC(=O)CSc1ccc(-c2ccco2)nn1. The molecule has 0 radical (unpaired) electrons. The summed E-state index contributed by atoms with van der Waals surface area (Å²) in [6.45, 7) is 2.53. The maximum Gasteiger partial charge on any atom is 0.230 e. The fourth-order valence-electron chi connectivity index (χ4n) is 1.34. The maximum atomic E-state index is 11.3. The molecule has 0 spiro atoms. The molecule has 0 fully saturated rings. The first-order valence-corrected chi connectivity index (χ1v) is 6.55. The van der Waals surface area contributed by atoms with Crippen molar-refractivity contribution in [3.8, 4) is 11.5 Å². The van der Waals surface area contributed by atoms with E-state index in [1.54, 1.807) is 12.3 Å². The molecule has 0 saturated heterocycles. The van der Waals surface area contributed by atoms with E-state index in [1.165, 1.54) is 11.8 Å². The molecule has 94 valence electrons. The van der Waals surface area contributed by atoms with Crippen molar-refractivity contribution in [1.82, 2.24) is 15.5 Å². The van der Waals surface area contributed by atoms with E-state index in [9.17, 15) is 4.79 Å². The van der Waals surface area contributed by atoms with Gasteiger partial charge in [0.05, 0.1) is 12.0 Å². The number of hydrogen-bond donors (Lipinski definition) is 1. The first-order valence-electron chi connectivity index (χ1n) is 5.56. The maximum absolute atomic E-state index is 11.3. The Balaban J connectivity index is 1.94. The molecular formula is C12H13N3O2S. The van der Waals surface area contributed by atoms with Gasteiger partial charge in [-0.05, 0) is 31.2 Å². The monoisotopic (exact) mass is 263 g/mol. The molecule has 0 aliphatic heterocycles. The lowest BCUT2D eigenvalue weighted by Gasteiger charge is -2.01. The van der Waals surface area contributed by atoms with Crippen molar-refractivity contribution in [2.24, 2.45) is 0 Å². The van der Waals surface area contributed by atoms with E-state index >= 15 is 0 Å². The summed E-state index contributed by atoms with van der Waals surface area (Å²) in [6.07, 6.45) is 1.59. The minimum Gasteiger partial charge on any atom is -0.463 e. The van der Waals surface area contributed by atoms with E-state index in [4.69, 9.17) is 4.42 Å². The topological polar surface area (TPSA) is 68.0 Å². The van der Waals surface area contributed by atoms with Crippen molar-refractivity contribution in [3.63, 3.8) is 0 Å². The summed E-state index contributed by atoms with van der Waals surface area (Å²) in [5, 5.41) is 11.5. The molecular weight excluding hydrogens is 250 g/mol. The van der Waals surface area contributed by atoms with Gasteiger partial charge in [0, 0.05) is 6.54 Å². The molecule has 2 rings (SSSR count). The average molecular weight is 263 g/mol. The van der Waals surface area contributed by atoms with Gasteiger partial charge in [0.15, 0.2) is 5.76 Å². The predicted octanol–water partition coefficient (Wildman–Crippen LogP) is 1.96. The summed E-state index contributed by atoms with van der Waals surface area (Å²) in [7, 11) is 0. The van der Waals surface area contributed by atoms with Crippen LogP contribution in [-0.2, 0) is 4.79 Å². The summed E-state index contributed by atoms with van der Waals surface area (Å²) < 4.78 is 5.22. The second-order valence-corrected chi connectivity index (χ2v) is 4.47. The number of nitrogens with zero attached hydrogens (tertiary/aromatic N) is 2. The van der Waals surface area contributed by atoms with Gasteiger partial charge in [-0.15, -0.1) is 10.2 Å². The van der Waals surface area contributed by atoms with Crippen molar-refractivity contribution in [2.75, 3.05) is 12.3 Å². The van der Waals surface area contributed by atoms with Crippen molar-refractivity contribution in [1.29, 1.82) is 0 Å². The lowest BCUT2D eigenvalue weighted by atomic mass is 10.3. The van der Waals surface area contributed by atoms with Gasteiger partial charge in [0.2, 0.25) is 5.91 Å². The molecule has 1 N–H and O–H groups in total. The summed E-state index contributed by atoms with van der Waals surface area (Å²) in [4.78, 5) is 11.3. The number of furan rings is 1. The van der Waals surface area contributed by atoms with Crippen LogP contribution in [0.3, 0.4) is 0 Å². The zero-order chi connectivity index (χ0) is 12.8. The lowest BCUT2D eigenvalue weighted by molar-refractivity contribution is -0.118. The van der Waals surface area contributed by atoms with Crippen molar-refractivity contribution >= 4 is 17.7 Å². The molecule has 0 atom stereocenters. The summed E-state index contributed by atoms with van der Waals surface area (Å²) >= 11 is 1.36. The quantitative estimate of drug-likeness (QED) is 0.835. The molecule has 1 amide bonds. The molecule has 18 heavy (non-hydrogen) atoms. The molecule has 0 aliphatic carbocycles. The number of aromatic nitrogens is 2. The van der Waals surface area contributed by atoms with Crippen LogP contribution < -0.4 is 5.32 Å². The van der Waals surface area contributed by atoms with E-state index < -0.39 is 0 Å². The average Bonchev–Trinajstić information content (AvgIpc) is 2.91. The third-order valence-electron chi connectivity index (χ3n) is 2.14. The van der Waals surface area contributed by atoms with E-state index in [-0.39, 0.29) is 5.91 Å². The Hall–Kier alpha value is -1.82. The van der Waals surface area contributed by atoms with Crippen LogP contribution in [0, 0.1) is 0 Å². The van der Waals surface area contributed by atoms with E-state index in [1.807, 2.05) is 25.1 Å². The van der Waals surface area contributed by atoms with Crippen molar-refractivity contribution in [2.45, 2.75) is 11.9 Å². The lowest BCUT2D eigenvalue weighted by Crippen LogP contribution is -2.24. The Morgan fingerprint density at radius 2 is 2.28 bits per heavy atom. The molecule has 0 saturated carbocycles. The smallest absolute Gasteiger partial charge is 0.230 e. The normalized spacial score (nSPS) is 10.3. The van der Waals surface area contributed by atoms with Gasteiger partial charge in [-0.2, -0.15) is 0 Å². The highest BCUT2D eigenvalue weighted by Gasteiger charge is 2.05. The molecule has 6 heteroatoms. The minimum atomic E-state index is -0.000545. The number of nitrogens with one attached hydrogen (secondary N) is 1. The Labute approximate surface area is 109 Å². The molecule has 0 bridgehead atoms. The predicted molar refractivity (Wildman–Crippen MR) is 69.1 cm³/mol. The van der Waals surface area contributed by atoms with Crippen LogP contribution in [0.4, 0.5) is 0 Å². The fourth-order valence-corrected chi connectivity index (χ4v) is 1.98. The third-order valence-corrected chi connectivity index (χ3v) is 3.06. The van der Waals surface area contributed by atoms with Gasteiger partial charge in [0.25, 0.3) is 0 Å². The van der Waals surface area contributed by atoms with Gasteiger partial charge in [-0.25, -0.2) is 0 Å².